The van der Waals surface area contributed by atoms with Gasteiger partial charge in [-0.1, -0.05) is 36.4 Å². The van der Waals surface area contributed by atoms with Crippen LogP contribution in [0.2, 0.25) is 0 Å². The van der Waals surface area contributed by atoms with Gasteiger partial charge in [0.1, 0.15) is 6.10 Å². The zero-order chi connectivity index (χ0) is 11.4. The summed E-state index contributed by atoms with van der Waals surface area (Å²) in [6.45, 7) is 5.42. The van der Waals surface area contributed by atoms with E-state index < -0.39 is 12.1 Å². The number of aliphatic hydroxyl groups is 1. The fourth-order valence-electron chi connectivity index (χ4n) is 1.28. The van der Waals surface area contributed by atoms with Crippen LogP contribution in [-0.2, 0) is 9.53 Å². The summed E-state index contributed by atoms with van der Waals surface area (Å²) in [7, 11) is 1.26. The van der Waals surface area contributed by atoms with Crippen LogP contribution in [-0.4, -0.2) is 18.2 Å². The third-order valence-electron chi connectivity index (χ3n) is 2.14. The molecular formula is C12H14O3. The maximum atomic E-state index is 11.1. The van der Waals surface area contributed by atoms with Crippen LogP contribution < -0.4 is 0 Å². The standard InChI is InChI=1S/C12H14O3/c1-8-5-4-6-10(7-8)11(13)9(2)12(14)15-3/h4-7,11,13H,2H2,1,3H3. The number of benzene rings is 1. The van der Waals surface area contributed by atoms with E-state index >= 15 is 0 Å². The molecular weight excluding hydrogens is 192 g/mol. The Morgan fingerprint density at radius 3 is 2.73 bits per heavy atom. The largest absolute Gasteiger partial charge is 0.466 e. The van der Waals surface area contributed by atoms with Crippen LogP contribution >= 0.6 is 0 Å². The van der Waals surface area contributed by atoms with Crippen LogP contribution in [0, 0.1) is 6.92 Å². The number of esters is 1. The fraction of sp³-hybridized carbons (Fsp3) is 0.250. The van der Waals surface area contributed by atoms with E-state index in [-0.39, 0.29) is 5.57 Å². The van der Waals surface area contributed by atoms with E-state index in [4.69, 9.17) is 0 Å². The molecule has 1 N–H and O–H groups in total. The van der Waals surface area contributed by atoms with Gasteiger partial charge in [-0.05, 0) is 12.5 Å². The van der Waals surface area contributed by atoms with Gasteiger partial charge in [0.15, 0.2) is 0 Å². The third-order valence-corrected chi connectivity index (χ3v) is 2.14. The van der Waals surface area contributed by atoms with Crippen LogP contribution in [0.4, 0.5) is 0 Å². The fourth-order valence-corrected chi connectivity index (χ4v) is 1.28. The number of aryl methyl sites for hydroxylation is 1. The van der Waals surface area contributed by atoms with E-state index in [9.17, 15) is 9.90 Å². The lowest BCUT2D eigenvalue weighted by Crippen LogP contribution is -2.12. The molecule has 1 rings (SSSR count). The minimum absolute atomic E-state index is 0.0445. The molecule has 0 spiro atoms. The SMILES string of the molecule is C=C(C(=O)OC)C(O)c1cccc(C)c1. The van der Waals surface area contributed by atoms with Crippen molar-refractivity contribution in [2.45, 2.75) is 13.0 Å². The van der Waals surface area contributed by atoms with Gasteiger partial charge < -0.3 is 9.84 Å². The summed E-state index contributed by atoms with van der Waals surface area (Å²) in [6.07, 6.45) is -1.00. The molecule has 0 aliphatic rings. The van der Waals surface area contributed by atoms with Gasteiger partial charge in [0, 0.05) is 0 Å². The Morgan fingerprint density at radius 1 is 1.53 bits per heavy atom. The Morgan fingerprint density at radius 2 is 2.20 bits per heavy atom. The van der Waals surface area contributed by atoms with Gasteiger partial charge in [-0.3, -0.25) is 0 Å². The second kappa shape index (κ2) is 4.75. The normalized spacial score (nSPS) is 11.9. The highest BCUT2D eigenvalue weighted by Gasteiger charge is 2.18. The maximum Gasteiger partial charge on any atom is 0.336 e. The first kappa shape index (κ1) is 11.5. The van der Waals surface area contributed by atoms with Gasteiger partial charge in [0.25, 0.3) is 0 Å². The van der Waals surface area contributed by atoms with E-state index in [0.717, 1.165) is 5.56 Å². The van der Waals surface area contributed by atoms with E-state index in [0.29, 0.717) is 5.56 Å². The topological polar surface area (TPSA) is 46.5 Å². The molecule has 1 aromatic rings. The number of hydrogen-bond acceptors (Lipinski definition) is 3. The van der Waals surface area contributed by atoms with Crippen LogP contribution in [0.3, 0.4) is 0 Å². The smallest absolute Gasteiger partial charge is 0.336 e. The van der Waals surface area contributed by atoms with Gasteiger partial charge in [-0.2, -0.15) is 0 Å². The quantitative estimate of drug-likeness (QED) is 0.605. The Balaban J connectivity index is 2.89. The summed E-state index contributed by atoms with van der Waals surface area (Å²) in [6, 6.07) is 7.28. The molecule has 1 atom stereocenters. The monoisotopic (exact) mass is 206 g/mol. The van der Waals surface area contributed by atoms with E-state index in [1.807, 2.05) is 19.1 Å². The minimum Gasteiger partial charge on any atom is -0.466 e. The molecule has 0 radical (unpaired) electrons. The molecule has 1 aromatic carbocycles. The van der Waals surface area contributed by atoms with Gasteiger partial charge in [0.2, 0.25) is 0 Å². The summed E-state index contributed by atoms with van der Waals surface area (Å²) < 4.78 is 4.49. The molecule has 80 valence electrons. The van der Waals surface area contributed by atoms with Gasteiger partial charge in [-0.25, -0.2) is 4.79 Å². The molecule has 0 fully saturated rings. The molecule has 0 bridgehead atoms. The van der Waals surface area contributed by atoms with E-state index in [1.54, 1.807) is 12.1 Å². The second-order valence-electron chi connectivity index (χ2n) is 3.33. The lowest BCUT2D eigenvalue weighted by atomic mass is 10.0. The number of carbonyl (C=O) groups excluding carboxylic acids is 1. The third kappa shape index (κ3) is 2.67. The summed E-state index contributed by atoms with van der Waals surface area (Å²) in [5.74, 6) is -0.594. The number of methoxy groups -OCH3 is 1. The summed E-state index contributed by atoms with van der Waals surface area (Å²) >= 11 is 0. The number of hydrogen-bond donors (Lipinski definition) is 1. The van der Waals surface area contributed by atoms with Gasteiger partial charge >= 0.3 is 5.97 Å². The lowest BCUT2D eigenvalue weighted by molar-refractivity contribution is -0.137. The first-order valence-electron chi connectivity index (χ1n) is 4.58. The first-order valence-corrected chi connectivity index (χ1v) is 4.58. The summed E-state index contributed by atoms with van der Waals surface area (Å²) in [5, 5.41) is 9.81. The van der Waals surface area contributed by atoms with Crippen LogP contribution in [0.15, 0.2) is 36.4 Å². The van der Waals surface area contributed by atoms with Crippen molar-refractivity contribution in [3.05, 3.63) is 47.5 Å². The van der Waals surface area contributed by atoms with Crippen LogP contribution in [0.25, 0.3) is 0 Å². The highest BCUT2D eigenvalue weighted by Crippen LogP contribution is 2.21. The zero-order valence-corrected chi connectivity index (χ0v) is 8.86. The number of aliphatic hydroxyl groups excluding tert-OH is 1. The summed E-state index contributed by atoms with van der Waals surface area (Å²) in [4.78, 5) is 11.1. The van der Waals surface area contributed by atoms with Crippen molar-refractivity contribution >= 4 is 5.97 Å². The molecule has 3 heteroatoms. The first-order chi connectivity index (χ1) is 7.06. The molecule has 0 saturated carbocycles. The Bertz CT molecular complexity index is 382. The molecule has 0 amide bonds. The van der Waals surface area contributed by atoms with Crippen molar-refractivity contribution in [1.82, 2.24) is 0 Å². The van der Waals surface area contributed by atoms with Gasteiger partial charge in [-0.15, -0.1) is 0 Å². The van der Waals surface area contributed by atoms with Crippen molar-refractivity contribution in [2.75, 3.05) is 7.11 Å². The van der Waals surface area contributed by atoms with E-state index in [1.165, 1.54) is 7.11 Å². The van der Waals surface area contributed by atoms with Crippen LogP contribution in [0.5, 0.6) is 0 Å². The predicted molar refractivity (Wildman–Crippen MR) is 57.3 cm³/mol. The Labute approximate surface area is 89.0 Å². The molecule has 3 nitrogen and oxygen atoms in total. The summed E-state index contributed by atoms with van der Waals surface area (Å²) in [5.41, 5.74) is 1.71. The van der Waals surface area contributed by atoms with Crippen molar-refractivity contribution in [3.63, 3.8) is 0 Å². The van der Waals surface area contributed by atoms with Gasteiger partial charge in [0.05, 0.1) is 12.7 Å². The van der Waals surface area contributed by atoms with Crippen molar-refractivity contribution in [1.29, 1.82) is 0 Å². The lowest BCUT2D eigenvalue weighted by Gasteiger charge is -2.12. The minimum atomic E-state index is -1.00. The second-order valence-corrected chi connectivity index (χ2v) is 3.33. The van der Waals surface area contributed by atoms with Crippen molar-refractivity contribution in [2.24, 2.45) is 0 Å². The Hall–Kier alpha value is -1.61. The van der Waals surface area contributed by atoms with Crippen LogP contribution in [0.1, 0.15) is 17.2 Å². The predicted octanol–water partition coefficient (Wildman–Crippen LogP) is 1.76. The molecule has 0 aliphatic carbocycles. The molecule has 0 saturated heterocycles. The van der Waals surface area contributed by atoms with E-state index in [2.05, 4.69) is 11.3 Å². The highest BCUT2D eigenvalue weighted by atomic mass is 16.5. The molecule has 0 aliphatic heterocycles. The number of rotatable bonds is 3. The maximum absolute atomic E-state index is 11.1. The highest BCUT2D eigenvalue weighted by molar-refractivity contribution is 5.88. The zero-order valence-electron chi connectivity index (χ0n) is 8.86. The van der Waals surface area contributed by atoms with Crippen molar-refractivity contribution in [3.8, 4) is 0 Å². The average molecular weight is 206 g/mol. The Kier molecular flexibility index (Phi) is 3.63. The number of ether oxygens (including phenoxy) is 1. The average Bonchev–Trinajstić information content (AvgIpc) is 2.26. The molecule has 0 heterocycles. The number of carbonyl (C=O) groups is 1. The molecule has 0 aromatic heterocycles. The molecule has 15 heavy (non-hydrogen) atoms. The molecule has 1 unspecified atom stereocenters. The van der Waals surface area contributed by atoms with Crippen molar-refractivity contribution < 1.29 is 14.6 Å².